The molecule has 20 heavy (non-hydrogen) atoms. The third kappa shape index (κ3) is 3.50. The molecule has 0 spiro atoms. The maximum absolute atomic E-state index is 12.5. The van der Waals surface area contributed by atoms with E-state index < -0.39 is 10.0 Å². The van der Waals surface area contributed by atoms with Crippen molar-refractivity contribution in [3.63, 3.8) is 0 Å². The lowest BCUT2D eigenvalue weighted by Gasteiger charge is -2.26. The van der Waals surface area contributed by atoms with Crippen LogP contribution < -0.4 is 5.32 Å². The van der Waals surface area contributed by atoms with E-state index in [1.54, 1.807) is 38.4 Å². The molecule has 0 amide bonds. The molecule has 1 fully saturated rings. The molecule has 2 rings (SSSR count). The predicted molar refractivity (Wildman–Crippen MR) is 79.3 cm³/mol. The summed E-state index contributed by atoms with van der Waals surface area (Å²) in [5.74, 6) is 0.389. The van der Waals surface area contributed by atoms with Crippen LogP contribution in [-0.4, -0.2) is 46.6 Å². The molecule has 112 valence electrons. The lowest BCUT2D eigenvalue weighted by molar-refractivity contribution is 0.0620. The summed E-state index contributed by atoms with van der Waals surface area (Å²) in [5, 5.41) is 2.98. The third-order valence-electron chi connectivity index (χ3n) is 3.71. The van der Waals surface area contributed by atoms with Gasteiger partial charge in [-0.3, -0.25) is 0 Å². The molecule has 1 aliphatic rings. The van der Waals surface area contributed by atoms with Crippen LogP contribution in [0.25, 0.3) is 0 Å². The van der Waals surface area contributed by atoms with Gasteiger partial charge in [-0.2, -0.15) is 0 Å². The van der Waals surface area contributed by atoms with Crippen LogP contribution in [0.15, 0.2) is 29.2 Å². The first-order valence-corrected chi connectivity index (χ1v) is 8.30. The fourth-order valence-electron chi connectivity index (χ4n) is 2.36. The molecule has 1 aromatic carbocycles. The Morgan fingerprint density at radius 1 is 1.25 bits per heavy atom. The molecule has 0 bridgehead atoms. The van der Waals surface area contributed by atoms with Gasteiger partial charge in [0.1, 0.15) is 0 Å². The van der Waals surface area contributed by atoms with Crippen molar-refractivity contribution in [1.82, 2.24) is 4.31 Å². The van der Waals surface area contributed by atoms with Crippen LogP contribution in [0.4, 0.5) is 5.69 Å². The van der Waals surface area contributed by atoms with Crippen molar-refractivity contribution in [1.29, 1.82) is 0 Å². The van der Waals surface area contributed by atoms with E-state index in [0.29, 0.717) is 17.4 Å². The van der Waals surface area contributed by atoms with Crippen molar-refractivity contribution in [2.75, 3.05) is 39.2 Å². The van der Waals surface area contributed by atoms with E-state index in [4.69, 9.17) is 4.74 Å². The zero-order valence-corrected chi connectivity index (χ0v) is 12.8. The van der Waals surface area contributed by atoms with Gasteiger partial charge in [0.05, 0.1) is 4.90 Å². The first kappa shape index (κ1) is 15.3. The second-order valence-electron chi connectivity index (χ2n) is 5.12. The number of hydrogen-bond donors (Lipinski definition) is 1. The quantitative estimate of drug-likeness (QED) is 0.900. The van der Waals surface area contributed by atoms with Gasteiger partial charge in [0.15, 0.2) is 0 Å². The van der Waals surface area contributed by atoms with Crippen LogP contribution in [0.2, 0.25) is 0 Å². The number of hydrogen-bond acceptors (Lipinski definition) is 4. The number of ether oxygens (including phenoxy) is 1. The summed E-state index contributed by atoms with van der Waals surface area (Å²) < 4.78 is 31.7. The Labute approximate surface area is 121 Å². The Morgan fingerprint density at radius 3 is 2.40 bits per heavy atom. The Hall–Kier alpha value is -1.11. The monoisotopic (exact) mass is 298 g/mol. The number of sulfonamides is 1. The molecular weight excluding hydrogens is 276 g/mol. The topological polar surface area (TPSA) is 58.6 Å². The molecule has 1 aliphatic heterocycles. The highest BCUT2D eigenvalue weighted by molar-refractivity contribution is 7.89. The second kappa shape index (κ2) is 6.56. The Bertz CT molecular complexity index is 522. The van der Waals surface area contributed by atoms with E-state index in [1.807, 2.05) is 0 Å². The van der Waals surface area contributed by atoms with Crippen LogP contribution in [0.3, 0.4) is 0 Å². The summed E-state index contributed by atoms with van der Waals surface area (Å²) in [4.78, 5) is 0.339. The normalized spacial score (nSPS) is 17.4. The number of nitrogens with one attached hydrogen (secondary N) is 1. The molecule has 1 heterocycles. The first-order chi connectivity index (χ1) is 9.54. The Balaban J connectivity index is 2.07. The molecule has 1 N–H and O–H groups in total. The van der Waals surface area contributed by atoms with Crippen LogP contribution in [0, 0.1) is 5.92 Å². The van der Waals surface area contributed by atoms with Crippen LogP contribution >= 0.6 is 0 Å². The van der Waals surface area contributed by atoms with Gasteiger partial charge < -0.3 is 10.1 Å². The van der Waals surface area contributed by atoms with Gasteiger partial charge in [-0.1, -0.05) is 0 Å². The molecule has 5 nitrogen and oxygen atoms in total. The minimum atomic E-state index is -3.40. The third-order valence-corrected chi connectivity index (χ3v) is 5.54. The Kier molecular flexibility index (Phi) is 5.01. The SMILES string of the molecule is CNc1ccc(S(=O)(=O)N(C)CC2CCOCC2)cc1. The minimum Gasteiger partial charge on any atom is -0.388 e. The highest BCUT2D eigenvalue weighted by atomic mass is 32.2. The summed E-state index contributed by atoms with van der Waals surface area (Å²) in [6.07, 6.45) is 1.86. The van der Waals surface area contributed by atoms with Crippen LogP contribution in [0.1, 0.15) is 12.8 Å². The van der Waals surface area contributed by atoms with E-state index in [9.17, 15) is 8.42 Å². The van der Waals surface area contributed by atoms with Crippen molar-refractivity contribution >= 4 is 15.7 Å². The molecule has 0 radical (unpaired) electrons. The van der Waals surface area contributed by atoms with Crippen molar-refractivity contribution < 1.29 is 13.2 Å². The highest BCUT2D eigenvalue weighted by Gasteiger charge is 2.24. The lowest BCUT2D eigenvalue weighted by atomic mass is 10.0. The van der Waals surface area contributed by atoms with E-state index in [2.05, 4.69) is 5.32 Å². The number of anilines is 1. The molecule has 0 aromatic heterocycles. The molecule has 1 aromatic rings. The first-order valence-electron chi connectivity index (χ1n) is 6.86. The molecule has 1 saturated heterocycles. The van der Waals surface area contributed by atoms with Gasteiger partial charge in [-0.05, 0) is 43.0 Å². The molecule has 0 aliphatic carbocycles. The largest absolute Gasteiger partial charge is 0.388 e. The molecule has 0 atom stereocenters. The van der Waals surface area contributed by atoms with E-state index in [-0.39, 0.29) is 0 Å². The summed E-state index contributed by atoms with van der Waals surface area (Å²) >= 11 is 0. The van der Waals surface area contributed by atoms with Gasteiger partial charge in [-0.15, -0.1) is 0 Å². The molecule has 0 unspecified atom stereocenters. The second-order valence-corrected chi connectivity index (χ2v) is 7.16. The lowest BCUT2D eigenvalue weighted by Crippen LogP contribution is -2.34. The van der Waals surface area contributed by atoms with Crippen molar-refractivity contribution in [2.45, 2.75) is 17.7 Å². The number of rotatable bonds is 5. The summed E-state index contributed by atoms with van der Waals surface area (Å²) in [5.41, 5.74) is 0.899. The average Bonchev–Trinajstić information content (AvgIpc) is 2.48. The van der Waals surface area contributed by atoms with Crippen LogP contribution in [-0.2, 0) is 14.8 Å². The Morgan fingerprint density at radius 2 is 1.85 bits per heavy atom. The zero-order chi connectivity index (χ0) is 14.6. The van der Waals surface area contributed by atoms with E-state index >= 15 is 0 Å². The number of benzene rings is 1. The standard InChI is InChI=1S/C14H22N2O3S/c1-15-13-3-5-14(6-4-13)20(17,18)16(2)11-12-7-9-19-10-8-12/h3-6,12,15H,7-11H2,1-2H3. The zero-order valence-electron chi connectivity index (χ0n) is 12.0. The maximum atomic E-state index is 12.5. The number of nitrogens with zero attached hydrogens (tertiary/aromatic N) is 1. The average molecular weight is 298 g/mol. The minimum absolute atomic E-state index is 0.339. The van der Waals surface area contributed by atoms with Gasteiger partial charge in [0.25, 0.3) is 0 Å². The smallest absolute Gasteiger partial charge is 0.242 e. The van der Waals surface area contributed by atoms with Gasteiger partial charge in [0.2, 0.25) is 10.0 Å². The van der Waals surface area contributed by atoms with Gasteiger partial charge >= 0.3 is 0 Å². The van der Waals surface area contributed by atoms with Crippen LogP contribution in [0.5, 0.6) is 0 Å². The van der Waals surface area contributed by atoms with E-state index in [0.717, 1.165) is 31.7 Å². The fraction of sp³-hybridized carbons (Fsp3) is 0.571. The summed E-state index contributed by atoms with van der Waals surface area (Å²) in [6, 6.07) is 6.83. The highest BCUT2D eigenvalue weighted by Crippen LogP contribution is 2.21. The van der Waals surface area contributed by atoms with Crippen molar-refractivity contribution in [3.8, 4) is 0 Å². The van der Waals surface area contributed by atoms with Gasteiger partial charge in [-0.25, -0.2) is 12.7 Å². The molecule has 0 saturated carbocycles. The summed E-state index contributed by atoms with van der Waals surface area (Å²) in [6.45, 7) is 2.02. The van der Waals surface area contributed by atoms with Gasteiger partial charge in [0, 0.05) is 39.5 Å². The predicted octanol–water partition coefficient (Wildman–Crippen LogP) is 1.78. The summed E-state index contributed by atoms with van der Waals surface area (Å²) in [7, 11) is 0.0573. The van der Waals surface area contributed by atoms with E-state index in [1.165, 1.54) is 4.31 Å². The van der Waals surface area contributed by atoms with Crippen molar-refractivity contribution in [2.24, 2.45) is 5.92 Å². The maximum Gasteiger partial charge on any atom is 0.242 e. The van der Waals surface area contributed by atoms with Crippen molar-refractivity contribution in [3.05, 3.63) is 24.3 Å². The molecule has 6 heteroatoms. The fourth-order valence-corrected chi connectivity index (χ4v) is 3.61. The molecular formula is C14H22N2O3S.